The van der Waals surface area contributed by atoms with Crippen LogP contribution in [0.3, 0.4) is 0 Å². The van der Waals surface area contributed by atoms with Crippen LogP contribution in [0.15, 0.2) is 63.0 Å². The smallest absolute Gasteiger partial charge is 0.318 e. The molecule has 0 aliphatic heterocycles. The summed E-state index contributed by atoms with van der Waals surface area (Å²) in [5, 5.41) is 34.6. The summed E-state index contributed by atoms with van der Waals surface area (Å²) >= 11 is 6.66. The zero-order valence-electron chi connectivity index (χ0n) is 18.7. The molecule has 36 heavy (non-hydrogen) atoms. The van der Waals surface area contributed by atoms with E-state index in [4.69, 9.17) is 4.74 Å². The number of hydrogen-bond acceptors (Lipinski definition) is 7. The first-order valence-electron chi connectivity index (χ1n) is 10.1. The third-order valence-electron chi connectivity index (χ3n) is 5.11. The fourth-order valence-corrected chi connectivity index (χ4v) is 4.49. The summed E-state index contributed by atoms with van der Waals surface area (Å²) in [6, 6.07) is 13.5. The molecule has 0 heterocycles. The summed E-state index contributed by atoms with van der Waals surface area (Å²) in [6.45, 7) is 3.78. The Labute approximate surface area is 221 Å². The predicted octanol–water partition coefficient (Wildman–Crippen LogP) is 6.98. The molecule has 3 aromatic carbocycles. The second-order valence-electron chi connectivity index (χ2n) is 7.45. The maximum Gasteiger partial charge on any atom is 0.318 e. The Balaban J connectivity index is 1.91. The van der Waals surface area contributed by atoms with E-state index in [1.807, 2.05) is 26.0 Å². The Morgan fingerprint density at radius 1 is 1.06 bits per heavy atom. The fourth-order valence-electron chi connectivity index (χ4n) is 3.11. The van der Waals surface area contributed by atoms with Gasteiger partial charge in [0, 0.05) is 11.8 Å². The number of anilines is 1. The van der Waals surface area contributed by atoms with Crippen molar-refractivity contribution in [2.45, 2.75) is 13.8 Å². The predicted molar refractivity (Wildman–Crippen MR) is 140 cm³/mol. The minimum atomic E-state index is -0.783. The van der Waals surface area contributed by atoms with Gasteiger partial charge in [-0.2, -0.15) is 5.26 Å². The van der Waals surface area contributed by atoms with Crippen LogP contribution >= 0.6 is 31.9 Å². The van der Waals surface area contributed by atoms with E-state index >= 15 is 0 Å². The summed E-state index contributed by atoms with van der Waals surface area (Å²) in [5.41, 5.74) is 1.76. The van der Waals surface area contributed by atoms with E-state index in [1.54, 1.807) is 24.3 Å². The highest BCUT2D eigenvalue weighted by Gasteiger charge is 2.23. The van der Waals surface area contributed by atoms with Gasteiger partial charge in [-0.05, 0) is 92.7 Å². The van der Waals surface area contributed by atoms with Crippen molar-refractivity contribution >= 4 is 60.9 Å². The lowest BCUT2D eigenvalue weighted by Gasteiger charge is -2.12. The van der Waals surface area contributed by atoms with Gasteiger partial charge >= 0.3 is 5.69 Å². The van der Waals surface area contributed by atoms with Gasteiger partial charge in [0.1, 0.15) is 11.6 Å². The molecule has 3 aromatic rings. The molecule has 0 fully saturated rings. The van der Waals surface area contributed by atoms with E-state index in [0.29, 0.717) is 20.2 Å². The highest BCUT2D eigenvalue weighted by molar-refractivity contribution is 9.11. The molecule has 0 unspecified atom stereocenters. The molecule has 0 saturated heterocycles. The van der Waals surface area contributed by atoms with Crippen LogP contribution in [0.25, 0.3) is 6.08 Å². The van der Waals surface area contributed by atoms with Gasteiger partial charge in [-0.1, -0.05) is 12.1 Å². The quantitative estimate of drug-likeness (QED) is 0.130. The number of nitrogens with one attached hydrogen (secondary N) is 1. The second-order valence-corrected chi connectivity index (χ2v) is 9.16. The van der Waals surface area contributed by atoms with Crippen molar-refractivity contribution in [2.75, 3.05) is 5.32 Å². The number of carbonyl (C=O) groups excluding carboxylic acids is 1. The number of ether oxygens (including phenoxy) is 1. The van der Waals surface area contributed by atoms with Crippen molar-refractivity contribution in [3.05, 3.63) is 100.0 Å². The zero-order chi connectivity index (χ0) is 26.6. The Kier molecular flexibility index (Phi) is 8.18. The van der Waals surface area contributed by atoms with E-state index in [0.717, 1.165) is 29.3 Å². The number of nitro groups is 2. The van der Waals surface area contributed by atoms with Crippen LogP contribution in [0, 0.1) is 45.4 Å². The Bertz CT molecular complexity index is 1460. The molecule has 0 saturated carbocycles. The topological polar surface area (TPSA) is 148 Å². The molecule has 0 atom stereocenters. The van der Waals surface area contributed by atoms with Crippen LogP contribution in [-0.2, 0) is 4.79 Å². The Morgan fingerprint density at radius 2 is 1.72 bits per heavy atom. The molecule has 3 rings (SSSR count). The number of rotatable bonds is 7. The first-order chi connectivity index (χ1) is 17.0. The molecule has 0 aromatic heterocycles. The van der Waals surface area contributed by atoms with Gasteiger partial charge in [0.05, 0.1) is 24.9 Å². The first kappa shape index (κ1) is 26.5. The van der Waals surface area contributed by atoms with Crippen molar-refractivity contribution in [2.24, 2.45) is 0 Å². The maximum atomic E-state index is 12.7. The number of carbonyl (C=O) groups is 1. The molecule has 0 bridgehead atoms. The monoisotopic (exact) mass is 614 g/mol. The number of amides is 1. The van der Waals surface area contributed by atoms with Gasteiger partial charge in [0.25, 0.3) is 11.6 Å². The van der Waals surface area contributed by atoms with E-state index in [-0.39, 0.29) is 17.1 Å². The molecule has 0 spiro atoms. The summed E-state index contributed by atoms with van der Waals surface area (Å²) in [5.74, 6) is -0.636. The first-order valence-corrected chi connectivity index (χ1v) is 11.7. The van der Waals surface area contributed by atoms with Gasteiger partial charge in [-0.3, -0.25) is 25.0 Å². The van der Waals surface area contributed by atoms with E-state index in [2.05, 4.69) is 37.2 Å². The van der Waals surface area contributed by atoms with Crippen LogP contribution in [-0.4, -0.2) is 15.8 Å². The van der Waals surface area contributed by atoms with E-state index in [1.165, 1.54) is 6.08 Å². The molecule has 12 heteroatoms. The van der Waals surface area contributed by atoms with Gasteiger partial charge in [-0.25, -0.2) is 0 Å². The third kappa shape index (κ3) is 5.94. The molecule has 0 radical (unpaired) electrons. The van der Waals surface area contributed by atoms with Crippen molar-refractivity contribution in [3.8, 4) is 17.6 Å². The minimum Gasteiger partial charge on any atom is -0.448 e. The summed E-state index contributed by atoms with van der Waals surface area (Å²) in [7, 11) is 0. The summed E-state index contributed by atoms with van der Waals surface area (Å²) in [6.07, 6.45) is 1.38. The SMILES string of the molecule is Cc1cccc(NC(=O)/C(C#N)=C/c2cc(Br)c(Oc3ccc([N+](=O)[O-])cc3[N+](=O)[O-])c(Br)c2)c1C. The van der Waals surface area contributed by atoms with Gasteiger partial charge < -0.3 is 10.1 Å². The average Bonchev–Trinajstić information content (AvgIpc) is 2.82. The van der Waals surface area contributed by atoms with Gasteiger partial charge in [-0.15, -0.1) is 0 Å². The lowest BCUT2D eigenvalue weighted by Crippen LogP contribution is -2.14. The number of non-ortho nitro benzene ring substituents is 1. The molecule has 0 aliphatic rings. The van der Waals surface area contributed by atoms with Crippen LogP contribution in [0.1, 0.15) is 16.7 Å². The summed E-state index contributed by atoms with van der Waals surface area (Å²) in [4.78, 5) is 33.5. The molecule has 0 aliphatic carbocycles. The lowest BCUT2D eigenvalue weighted by atomic mass is 10.1. The number of hydrogen-bond donors (Lipinski definition) is 1. The van der Waals surface area contributed by atoms with Gasteiger partial charge in [0.15, 0.2) is 5.75 Å². The average molecular weight is 616 g/mol. The number of aryl methyl sites for hydroxylation is 1. The van der Waals surface area contributed by atoms with Crippen LogP contribution < -0.4 is 10.1 Å². The third-order valence-corrected chi connectivity index (χ3v) is 6.29. The molecular formula is C24H16Br2N4O6. The number of nitriles is 1. The zero-order valence-corrected chi connectivity index (χ0v) is 21.9. The number of benzene rings is 3. The van der Waals surface area contributed by atoms with E-state index < -0.39 is 27.1 Å². The maximum absolute atomic E-state index is 12.7. The van der Waals surface area contributed by atoms with Crippen LogP contribution in [0.2, 0.25) is 0 Å². The lowest BCUT2D eigenvalue weighted by molar-refractivity contribution is -0.394. The van der Waals surface area contributed by atoms with Crippen molar-refractivity contribution in [3.63, 3.8) is 0 Å². The number of nitro benzene ring substituents is 2. The fraction of sp³-hybridized carbons (Fsp3) is 0.0833. The van der Waals surface area contributed by atoms with E-state index in [9.17, 15) is 30.3 Å². The normalized spacial score (nSPS) is 10.9. The molecule has 10 nitrogen and oxygen atoms in total. The van der Waals surface area contributed by atoms with Crippen LogP contribution in [0.4, 0.5) is 17.1 Å². The second kappa shape index (κ2) is 11.1. The number of nitrogens with zero attached hydrogens (tertiary/aromatic N) is 3. The minimum absolute atomic E-state index is 0.144. The molecule has 182 valence electrons. The Hall–Kier alpha value is -4.08. The van der Waals surface area contributed by atoms with Crippen LogP contribution in [0.5, 0.6) is 11.5 Å². The Morgan fingerprint density at radius 3 is 2.31 bits per heavy atom. The van der Waals surface area contributed by atoms with Crippen molar-refractivity contribution in [1.29, 1.82) is 5.26 Å². The highest BCUT2D eigenvalue weighted by Crippen LogP contribution is 2.41. The molecule has 1 N–H and O–H groups in total. The van der Waals surface area contributed by atoms with Crippen molar-refractivity contribution < 1.29 is 19.4 Å². The number of halogens is 2. The highest BCUT2D eigenvalue weighted by atomic mass is 79.9. The summed E-state index contributed by atoms with van der Waals surface area (Å²) < 4.78 is 6.38. The molecular weight excluding hydrogens is 600 g/mol. The molecule has 1 amide bonds. The van der Waals surface area contributed by atoms with Gasteiger partial charge in [0.2, 0.25) is 5.75 Å². The largest absolute Gasteiger partial charge is 0.448 e. The standard InChI is InChI=1S/C24H16Br2N4O6/c1-13-4-3-5-20(14(13)2)28-24(31)16(12-27)8-15-9-18(25)23(19(26)10-15)36-22-7-6-17(29(32)33)11-21(22)30(34)35/h3-11H,1-2H3,(H,28,31)/b16-8+. The van der Waals surface area contributed by atoms with Crippen molar-refractivity contribution in [1.82, 2.24) is 0 Å².